The maximum absolute atomic E-state index is 5.26. The van der Waals surface area contributed by atoms with Gasteiger partial charge in [-0.2, -0.15) is 0 Å². The molecule has 9 aromatic rings. The van der Waals surface area contributed by atoms with Crippen LogP contribution in [0.3, 0.4) is 0 Å². The van der Waals surface area contributed by atoms with Gasteiger partial charge in [-0.25, -0.2) is 4.99 Å². The first-order chi connectivity index (χ1) is 24.8. The summed E-state index contributed by atoms with van der Waals surface area (Å²) < 4.78 is 5.08. The summed E-state index contributed by atoms with van der Waals surface area (Å²) in [4.78, 5) is 5.26. The van der Waals surface area contributed by atoms with E-state index in [4.69, 9.17) is 4.99 Å². The molecule has 0 fully saturated rings. The molecule has 5 heteroatoms. The van der Waals surface area contributed by atoms with Crippen molar-refractivity contribution >= 4 is 59.2 Å². The third kappa shape index (κ3) is 4.82. The second kappa shape index (κ2) is 11.8. The largest absolute Gasteiger partial charge is 0.350 e. The minimum absolute atomic E-state index is 0.0996. The summed E-state index contributed by atoms with van der Waals surface area (Å²) in [6, 6.07) is 60.8. The molecule has 0 aliphatic carbocycles. The van der Waals surface area contributed by atoms with Gasteiger partial charge in [0.05, 0.1) is 15.7 Å². The molecule has 10 rings (SSSR count). The fraction of sp³-hybridized carbons (Fsp3) is 0.0444. The number of benzene rings is 7. The molecule has 0 radical (unpaired) electrons. The zero-order chi connectivity index (χ0) is 33.0. The number of nitrogens with zero attached hydrogens (tertiary/aromatic N) is 2. The highest BCUT2D eigenvalue weighted by atomic mass is 32.1. The van der Waals surface area contributed by atoms with E-state index in [-0.39, 0.29) is 12.3 Å². The summed E-state index contributed by atoms with van der Waals surface area (Å²) in [5, 5.41) is 12.6. The van der Waals surface area contributed by atoms with E-state index in [9.17, 15) is 0 Å². The highest BCUT2D eigenvalue weighted by molar-refractivity contribution is 7.26. The van der Waals surface area contributed by atoms with Crippen LogP contribution in [-0.4, -0.2) is 10.4 Å². The maximum Gasteiger partial charge on any atom is 0.131 e. The van der Waals surface area contributed by atoms with Crippen LogP contribution >= 0.6 is 11.3 Å². The minimum atomic E-state index is -0.193. The van der Waals surface area contributed by atoms with Crippen LogP contribution in [0.2, 0.25) is 0 Å². The Bertz CT molecular complexity index is 2710. The van der Waals surface area contributed by atoms with Gasteiger partial charge in [-0.1, -0.05) is 146 Å². The van der Waals surface area contributed by atoms with E-state index < -0.39 is 0 Å². The third-order valence-electron chi connectivity index (χ3n) is 9.87. The molecule has 2 aromatic heterocycles. The Morgan fingerprint density at radius 3 is 2.02 bits per heavy atom. The first-order valence-corrected chi connectivity index (χ1v) is 17.9. The van der Waals surface area contributed by atoms with Crippen molar-refractivity contribution in [1.29, 1.82) is 0 Å². The highest BCUT2D eigenvalue weighted by Gasteiger charge is 2.26. The molecule has 0 saturated heterocycles. The van der Waals surface area contributed by atoms with Crippen molar-refractivity contribution in [2.75, 3.05) is 0 Å². The van der Waals surface area contributed by atoms with Gasteiger partial charge in [0.15, 0.2) is 0 Å². The molecule has 2 unspecified atom stereocenters. The Labute approximate surface area is 294 Å². The Morgan fingerprint density at radius 2 is 1.20 bits per heavy atom. The number of thiophene rings is 1. The average Bonchev–Trinajstić information content (AvgIpc) is 3.74. The SMILES string of the molecule is c1ccc(-c2ccc3c4ccc5c6ccccc6sc5c4n(-c4cccc(C5=NC(c6ccccc6)NC(c6ccccc6)N5)c4)c3c2)cc1. The van der Waals surface area contributed by atoms with Gasteiger partial charge in [0.2, 0.25) is 0 Å². The van der Waals surface area contributed by atoms with Crippen LogP contribution in [0.1, 0.15) is 29.0 Å². The summed E-state index contributed by atoms with van der Waals surface area (Å²) >= 11 is 1.88. The minimum Gasteiger partial charge on any atom is -0.350 e. The third-order valence-corrected chi connectivity index (χ3v) is 11.1. The predicted molar refractivity (Wildman–Crippen MR) is 210 cm³/mol. The van der Waals surface area contributed by atoms with Crippen molar-refractivity contribution in [3.05, 3.63) is 187 Å². The van der Waals surface area contributed by atoms with Crippen molar-refractivity contribution in [1.82, 2.24) is 15.2 Å². The zero-order valence-electron chi connectivity index (χ0n) is 27.1. The van der Waals surface area contributed by atoms with Gasteiger partial charge in [0.25, 0.3) is 0 Å². The van der Waals surface area contributed by atoms with Crippen LogP contribution < -0.4 is 10.6 Å². The van der Waals surface area contributed by atoms with Crippen LogP contribution in [0.25, 0.3) is 58.8 Å². The van der Waals surface area contributed by atoms with Gasteiger partial charge >= 0.3 is 0 Å². The Hall–Kier alpha value is -6.01. The lowest BCUT2D eigenvalue weighted by molar-refractivity contribution is 0.409. The summed E-state index contributed by atoms with van der Waals surface area (Å²) in [6.07, 6.45) is -0.293. The number of rotatable bonds is 5. The first kappa shape index (κ1) is 29.0. The van der Waals surface area contributed by atoms with Gasteiger partial charge in [-0.3, -0.25) is 5.32 Å². The summed E-state index contributed by atoms with van der Waals surface area (Å²) in [5.41, 5.74) is 9.28. The molecule has 4 nitrogen and oxygen atoms in total. The molecule has 7 aromatic carbocycles. The molecule has 1 aliphatic heterocycles. The molecule has 2 N–H and O–H groups in total. The van der Waals surface area contributed by atoms with Gasteiger partial charge < -0.3 is 9.88 Å². The number of aromatic nitrogens is 1. The smallest absolute Gasteiger partial charge is 0.131 e. The Balaban J connectivity index is 1.20. The number of hydrogen-bond acceptors (Lipinski definition) is 4. The van der Waals surface area contributed by atoms with Crippen LogP contribution in [0.4, 0.5) is 0 Å². The van der Waals surface area contributed by atoms with Gasteiger partial charge in [-0.15, -0.1) is 11.3 Å². The van der Waals surface area contributed by atoms with Crippen LogP contribution in [0.5, 0.6) is 0 Å². The molecule has 0 amide bonds. The fourth-order valence-electron chi connectivity index (χ4n) is 7.48. The van der Waals surface area contributed by atoms with Crippen molar-refractivity contribution in [3.8, 4) is 16.8 Å². The summed E-state index contributed by atoms with van der Waals surface area (Å²) in [6.45, 7) is 0. The topological polar surface area (TPSA) is 41.4 Å². The lowest BCUT2D eigenvalue weighted by atomic mass is 10.0. The molecule has 0 spiro atoms. The molecule has 1 aliphatic rings. The van der Waals surface area contributed by atoms with Gasteiger partial charge in [0, 0.05) is 37.5 Å². The standard InChI is InChI=1S/C45H32N4S/c1-4-13-29(14-5-1)32-23-24-35-37-25-26-38-36-21-10-11-22-40(36)50-42(38)41(37)49(39(35)28-32)34-20-12-19-33(27-34)45-47-43(30-15-6-2-7-16-30)46-44(48-45)31-17-8-3-9-18-31/h1-28,43-44,46H,(H,47,48). The predicted octanol–water partition coefficient (Wildman–Crippen LogP) is 11.2. The second-order valence-electron chi connectivity index (χ2n) is 12.9. The zero-order valence-corrected chi connectivity index (χ0v) is 27.9. The van der Waals surface area contributed by atoms with E-state index in [1.54, 1.807) is 0 Å². The molecule has 0 bridgehead atoms. The maximum atomic E-state index is 5.26. The lowest BCUT2D eigenvalue weighted by Gasteiger charge is -2.32. The van der Waals surface area contributed by atoms with Crippen molar-refractivity contribution in [2.24, 2.45) is 4.99 Å². The first-order valence-electron chi connectivity index (χ1n) is 17.0. The number of fused-ring (bicyclic) bond motifs is 7. The van der Waals surface area contributed by atoms with Crippen LogP contribution in [0, 0.1) is 0 Å². The molecule has 2 atom stereocenters. The summed E-state index contributed by atoms with van der Waals surface area (Å²) in [5.74, 6) is 0.867. The van der Waals surface area contributed by atoms with Gasteiger partial charge in [-0.05, 0) is 46.5 Å². The molecule has 0 saturated carbocycles. The van der Waals surface area contributed by atoms with Gasteiger partial charge in [0.1, 0.15) is 18.2 Å². The summed E-state index contributed by atoms with van der Waals surface area (Å²) in [7, 11) is 0. The molecular formula is C45H32N4S. The van der Waals surface area contributed by atoms with Crippen LogP contribution in [0.15, 0.2) is 175 Å². The molecular weight excluding hydrogens is 629 g/mol. The van der Waals surface area contributed by atoms with E-state index in [0.717, 1.165) is 22.6 Å². The Kier molecular flexibility index (Phi) is 6.86. The average molecular weight is 661 g/mol. The second-order valence-corrected chi connectivity index (χ2v) is 13.9. The highest BCUT2D eigenvalue weighted by Crippen LogP contribution is 2.43. The van der Waals surface area contributed by atoms with E-state index in [1.807, 2.05) is 11.3 Å². The van der Waals surface area contributed by atoms with E-state index in [2.05, 4.69) is 185 Å². The molecule has 238 valence electrons. The normalized spacial score (nSPS) is 16.2. The van der Waals surface area contributed by atoms with Crippen LogP contribution in [-0.2, 0) is 0 Å². The van der Waals surface area contributed by atoms with Crippen molar-refractivity contribution < 1.29 is 0 Å². The van der Waals surface area contributed by atoms with Crippen molar-refractivity contribution in [3.63, 3.8) is 0 Å². The van der Waals surface area contributed by atoms with E-state index in [1.165, 1.54) is 58.7 Å². The number of aliphatic imine (C=N–C) groups is 1. The van der Waals surface area contributed by atoms with E-state index >= 15 is 0 Å². The number of hydrogen-bond donors (Lipinski definition) is 2. The number of nitrogens with one attached hydrogen (secondary N) is 2. The monoisotopic (exact) mass is 660 g/mol. The lowest BCUT2D eigenvalue weighted by Crippen LogP contribution is -2.44. The molecule has 50 heavy (non-hydrogen) atoms. The van der Waals surface area contributed by atoms with E-state index in [0.29, 0.717) is 0 Å². The fourth-order valence-corrected chi connectivity index (χ4v) is 8.72. The molecule has 3 heterocycles. The Morgan fingerprint density at radius 1 is 0.520 bits per heavy atom. The number of amidine groups is 1. The quantitative estimate of drug-likeness (QED) is 0.193. The van der Waals surface area contributed by atoms with Crippen molar-refractivity contribution in [2.45, 2.75) is 12.3 Å².